The number of hydrogen-bond acceptors (Lipinski definition) is 2. The zero-order valence-corrected chi connectivity index (χ0v) is 27.8. The molecule has 0 aliphatic carbocycles. The molecule has 3 nitrogen and oxygen atoms in total. The molecule has 10 aromatic rings. The minimum atomic E-state index is 0.894. The molecule has 0 spiro atoms. The number of aromatic nitrogens is 1. The number of para-hydroxylation sites is 4. The topological polar surface area (TPSA) is 21.3 Å². The van der Waals surface area contributed by atoms with Gasteiger partial charge in [0.2, 0.25) is 0 Å². The van der Waals surface area contributed by atoms with Crippen molar-refractivity contribution in [2.75, 3.05) is 4.90 Å². The highest BCUT2D eigenvalue weighted by molar-refractivity contribution is 6.20. The van der Waals surface area contributed by atoms with Crippen LogP contribution < -0.4 is 4.90 Å². The van der Waals surface area contributed by atoms with Crippen LogP contribution in [0.2, 0.25) is 0 Å². The van der Waals surface area contributed by atoms with Gasteiger partial charge < -0.3 is 13.9 Å². The third-order valence-corrected chi connectivity index (χ3v) is 9.98. The molecule has 2 heterocycles. The van der Waals surface area contributed by atoms with Crippen molar-refractivity contribution in [2.24, 2.45) is 0 Å². The lowest BCUT2D eigenvalue weighted by Crippen LogP contribution is -2.10. The molecule has 0 atom stereocenters. The fourth-order valence-electron chi connectivity index (χ4n) is 7.67. The molecular formula is C48H32N2O. The molecule has 10 rings (SSSR count). The lowest BCUT2D eigenvalue weighted by Gasteiger charge is -2.27. The molecule has 0 radical (unpaired) electrons. The molecule has 0 unspecified atom stereocenters. The van der Waals surface area contributed by atoms with Gasteiger partial charge in [-0.1, -0.05) is 127 Å². The maximum atomic E-state index is 6.25. The molecule has 240 valence electrons. The van der Waals surface area contributed by atoms with Crippen LogP contribution in [-0.2, 0) is 0 Å². The molecule has 8 aromatic carbocycles. The Morgan fingerprint density at radius 2 is 1.00 bits per heavy atom. The van der Waals surface area contributed by atoms with Crippen molar-refractivity contribution >= 4 is 60.8 Å². The Kier molecular flexibility index (Phi) is 6.81. The molecule has 0 saturated carbocycles. The second-order valence-corrected chi connectivity index (χ2v) is 12.9. The van der Waals surface area contributed by atoms with Crippen LogP contribution in [0.4, 0.5) is 17.1 Å². The molecule has 0 amide bonds. The van der Waals surface area contributed by atoms with Crippen molar-refractivity contribution in [3.8, 4) is 27.9 Å². The van der Waals surface area contributed by atoms with Crippen molar-refractivity contribution in [2.45, 2.75) is 0 Å². The Labute approximate surface area is 295 Å². The fraction of sp³-hybridized carbons (Fsp3) is 0. The molecule has 0 fully saturated rings. The average Bonchev–Trinajstić information content (AvgIpc) is 3.76. The summed E-state index contributed by atoms with van der Waals surface area (Å²) in [7, 11) is 0. The number of hydrogen-bond donors (Lipinski definition) is 0. The van der Waals surface area contributed by atoms with Gasteiger partial charge in [0.15, 0.2) is 0 Å². The van der Waals surface area contributed by atoms with Gasteiger partial charge in [0.25, 0.3) is 0 Å². The average molecular weight is 653 g/mol. The van der Waals surface area contributed by atoms with Gasteiger partial charge in [-0.15, -0.1) is 0 Å². The Morgan fingerprint density at radius 3 is 1.78 bits per heavy atom. The van der Waals surface area contributed by atoms with Crippen molar-refractivity contribution in [3.05, 3.63) is 194 Å². The van der Waals surface area contributed by atoms with Crippen LogP contribution in [0.1, 0.15) is 0 Å². The van der Waals surface area contributed by atoms with Gasteiger partial charge in [-0.25, -0.2) is 0 Å². The van der Waals surface area contributed by atoms with Crippen LogP contribution in [0.25, 0.3) is 71.7 Å². The Balaban J connectivity index is 1.28. The van der Waals surface area contributed by atoms with Gasteiger partial charge in [-0.2, -0.15) is 0 Å². The molecule has 2 aromatic heterocycles. The van der Waals surface area contributed by atoms with E-state index in [1.54, 1.807) is 0 Å². The summed E-state index contributed by atoms with van der Waals surface area (Å²) >= 11 is 0. The summed E-state index contributed by atoms with van der Waals surface area (Å²) in [5, 5.41) is 4.64. The molecule has 0 aliphatic heterocycles. The number of nitrogens with zero attached hydrogens (tertiary/aromatic N) is 2. The number of benzene rings is 8. The van der Waals surface area contributed by atoms with Crippen LogP contribution in [0.15, 0.2) is 199 Å². The summed E-state index contributed by atoms with van der Waals surface area (Å²) in [6.45, 7) is 0. The third-order valence-electron chi connectivity index (χ3n) is 9.98. The quantitative estimate of drug-likeness (QED) is 0.178. The molecular weight excluding hydrogens is 621 g/mol. The Bertz CT molecular complexity index is 2830. The second kappa shape index (κ2) is 11.9. The predicted octanol–water partition coefficient (Wildman–Crippen LogP) is 13.5. The van der Waals surface area contributed by atoms with E-state index < -0.39 is 0 Å². The summed E-state index contributed by atoms with van der Waals surface area (Å²) < 4.78 is 8.68. The first kappa shape index (κ1) is 29.1. The van der Waals surface area contributed by atoms with E-state index in [0.717, 1.165) is 66.8 Å². The van der Waals surface area contributed by atoms with E-state index in [-0.39, 0.29) is 0 Å². The normalized spacial score (nSPS) is 11.5. The first-order chi connectivity index (χ1) is 25.3. The zero-order valence-electron chi connectivity index (χ0n) is 27.8. The van der Waals surface area contributed by atoms with Crippen molar-refractivity contribution in [1.29, 1.82) is 0 Å². The van der Waals surface area contributed by atoms with E-state index in [4.69, 9.17) is 4.42 Å². The largest absolute Gasteiger partial charge is 0.456 e. The molecule has 0 saturated heterocycles. The highest BCUT2D eigenvalue weighted by Gasteiger charge is 2.24. The van der Waals surface area contributed by atoms with Gasteiger partial charge >= 0.3 is 0 Å². The van der Waals surface area contributed by atoms with E-state index in [9.17, 15) is 0 Å². The van der Waals surface area contributed by atoms with Crippen molar-refractivity contribution < 1.29 is 4.42 Å². The van der Waals surface area contributed by atoms with Crippen LogP contribution in [0, 0.1) is 0 Å². The smallest absolute Gasteiger partial charge is 0.135 e. The van der Waals surface area contributed by atoms with E-state index >= 15 is 0 Å². The Morgan fingerprint density at radius 1 is 0.412 bits per heavy atom. The molecule has 0 N–H and O–H groups in total. The number of anilines is 3. The van der Waals surface area contributed by atoms with E-state index in [0.29, 0.717) is 0 Å². The van der Waals surface area contributed by atoms with Crippen molar-refractivity contribution in [3.63, 3.8) is 0 Å². The zero-order chi connectivity index (χ0) is 33.7. The van der Waals surface area contributed by atoms with Gasteiger partial charge in [-0.3, -0.25) is 0 Å². The van der Waals surface area contributed by atoms with Gasteiger partial charge in [0.1, 0.15) is 11.2 Å². The minimum absolute atomic E-state index is 0.894. The molecule has 0 aliphatic rings. The monoisotopic (exact) mass is 652 g/mol. The van der Waals surface area contributed by atoms with Crippen molar-refractivity contribution in [1.82, 2.24) is 4.57 Å². The molecule has 0 bridgehead atoms. The van der Waals surface area contributed by atoms with E-state index in [1.165, 1.54) is 21.9 Å². The molecule has 3 heteroatoms. The van der Waals surface area contributed by atoms with Gasteiger partial charge in [0, 0.05) is 44.2 Å². The van der Waals surface area contributed by atoms with Gasteiger partial charge in [0.05, 0.1) is 16.7 Å². The summed E-state index contributed by atoms with van der Waals surface area (Å²) in [5.74, 6) is 0. The van der Waals surface area contributed by atoms with Crippen LogP contribution in [-0.4, -0.2) is 4.57 Å². The lowest BCUT2D eigenvalue weighted by atomic mass is 9.98. The SMILES string of the molecule is c1ccc(-c2ccc(N(c3ccccc3)c3ccc(-c4ccc5oc6ccccc6c5c4)c4c3c3ccccc3n4-c3ccccc3)cc2)cc1. The Hall–Kier alpha value is -6.84. The third kappa shape index (κ3) is 4.82. The number of rotatable bonds is 6. The van der Waals surface area contributed by atoms with Crippen LogP contribution >= 0.6 is 0 Å². The standard InChI is InChI=1S/C48H32N2O/c1-4-14-33(15-5-1)34-24-27-38(28-25-34)49(36-16-6-2-7-17-36)44-30-29-39(35-26-31-46-42(32-35)40-20-11-13-23-45(40)51-46)48-47(44)41-21-10-12-22-43(41)50(48)37-18-8-3-9-19-37/h1-32H. The summed E-state index contributed by atoms with van der Waals surface area (Å²) in [4.78, 5) is 2.40. The van der Waals surface area contributed by atoms with Crippen LogP contribution in [0.5, 0.6) is 0 Å². The number of fused-ring (bicyclic) bond motifs is 6. The number of furan rings is 1. The van der Waals surface area contributed by atoms with Crippen LogP contribution in [0.3, 0.4) is 0 Å². The predicted molar refractivity (Wildman–Crippen MR) is 214 cm³/mol. The maximum absolute atomic E-state index is 6.25. The highest BCUT2D eigenvalue weighted by atomic mass is 16.3. The summed E-state index contributed by atoms with van der Waals surface area (Å²) in [5.41, 5.74) is 13.3. The first-order valence-corrected chi connectivity index (χ1v) is 17.4. The van der Waals surface area contributed by atoms with E-state index in [1.807, 2.05) is 12.1 Å². The summed E-state index contributed by atoms with van der Waals surface area (Å²) in [6, 6.07) is 69.2. The first-order valence-electron chi connectivity index (χ1n) is 17.4. The highest BCUT2D eigenvalue weighted by Crippen LogP contribution is 2.47. The second-order valence-electron chi connectivity index (χ2n) is 12.9. The fourth-order valence-corrected chi connectivity index (χ4v) is 7.67. The molecule has 51 heavy (non-hydrogen) atoms. The van der Waals surface area contributed by atoms with Gasteiger partial charge in [-0.05, 0) is 83.4 Å². The lowest BCUT2D eigenvalue weighted by molar-refractivity contribution is 0.669. The minimum Gasteiger partial charge on any atom is -0.456 e. The summed E-state index contributed by atoms with van der Waals surface area (Å²) in [6.07, 6.45) is 0. The van der Waals surface area contributed by atoms with E-state index in [2.05, 4.69) is 191 Å². The maximum Gasteiger partial charge on any atom is 0.135 e.